The van der Waals surface area contributed by atoms with Gasteiger partial charge in [-0.3, -0.25) is 11.3 Å². The van der Waals surface area contributed by atoms with E-state index in [4.69, 9.17) is 5.84 Å². The number of nitrogens with two attached hydrogens (primary N) is 1. The van der Waals surface area contributed by atoms with Gasteiger partial charge in [-0.25, -0.2) is 0 Å². The van der Waals surface area contributed by atoms with E-state index in [1.165, 1.54) is 17.0 Å². The molecular weight excluding hydrogens is 282 g/mol. The number of hydrogen-bond donors (Lipinski definition) is 2. The zero-order valence-electron chi connectivity index (χ0n) is 10.8. The quantitative estimate of drug-likeness (QED) is 0.607. The van der Waals surface area contributed by atoms with Gasteiger partial charge in [0.25, 0.3) is 0 Å². The van der Waals surface area contributed by atoms with E-state index in [-0.39, 0.29) is 11.8 Å². The lowest BCUT2D eigenvalue weighted by molar-refractivity contribution is -0.0498. The Labute approximate surface area is 120 Å². The Morgan fingerprint density at radius 3 is 2.50 bits per heavy atom. The predicted molar refractivity (Wildman–Crippen MR) is 75.8 cm³/mol. The van der Waals surface area contributed by atoms with Crippen molar-refractivity contribution in [2.24, 2.45) is 5.84 Å². The first-order chi connectivity index (χ1) is 9.69. The van der Waals surface area contributed by atoms with Crippen molar-refractivity contribution in [2.45, 2.75) is 25.5 Å². The van der Waals surface area contributed by atoms with Crippen molar-refractivity contribution in [1.82, 2.24) is 5.43 Å². The lowest BCUT2D eigenvalue weighted by Crippen LogP contribution is -2.28. The van der Waals surface area contributed by atoms with E-state index in [0.717, 1.165) is 18.4 Å². The van der Waals surface area contributed by atoms with Crippen LogP contribution in [0, 0.1) is 0 Å². The van der Waals surface area contributed by atoms with Gasteiger partial charge in [-0.2, -0.15) is 8.78 Å². The van der Waals surface area contributed by atoms with E-state index in [9.17, 15) is 8.78 Å². The summed E-state index contributed by atoms with van der Waals surface area (Å²) in [7, 11) is 0. The molecule has 0 radical (unpaired) electrons. The van der Waals surface area contributed by atoms with Gasteiger partial charge in [-0.1, -0.05) is 18.2 Å². The molecule has 0 aliphatic carbocycles. The number of thiophene rings is 1. The van der Waals surface area contributed by atoms with Crippen LogP contribution in [-0.4, -0.2) is 6.61 Å². The molecule has 1 atom stereocenters. The second kappa shape index (κ2) is 7.33. The highest BCUT2D eigenvalue weighted by molar-refractivity contribution is 7.09. The number of ether oxygens (including phenoxy) is 1. The molecule has 108 valence electrons. The molecule has 1 unspecified atom stereocenters. The molecule has 20 heavy (non-hydrogen) atoms. The number of hydrazine groups is 1. The first-order valence-corrected chi connectivity index (χ1v) is 7.10. The Morgan fingerprint density at radius 1 is 1.20 bits per heavy atom. The topological polar surface area (TPSA) is 47.3 Å². The molecule has 0 fully saturated rings. The van der Waals surface area contributed by atoms with Gasteiger partial charge in [0.1, 0.15) is 5.75 Å². The van der Waals surface area contributed by atoms with Gasteiger partial charge in [-0.05, 0) is 42.0 Å². The molecule has 1 aromatic carbocycles. The van der Waals surface area contributed by atoms with Crippen LogP contribution in [0.5, 0.6) is 5.75 Å². The molecule has 0 aliphatic rings. The third kappa shape index (κ3) is 4.26. The van der Waals surface area contributed by atoms with Crippen molar-refractivity contribution in [3.63, 3.8) is 0 Å². The molecule has 0 aliphatic heterocycles. The van der Waals surface area contributed by atoms with E-state index >= 15 is 0 Å². The number of alkyl halides is 2. The molecule has 6 heteroatoms. The van der Waals surface area contributed by atoms with Crippen LogP contribution in [0.4, 0.5) is 8.78 Å². The molecule has 2 rings (SSSR count). The molecule has 0 saturated heterocycles. The van der Waals surface area contributed by atoms with Crippen LogP contribution in [0.1, 0.15) is 22.9 Å². The van der Waals surface area contributed by atoms with Crippen molar-refractivity contribution >= 4 is 11.3 Å². The first kappa shape index (κ1) is 14.9. The predicted octanol–water partition coefficient (Wildman–Crippen LogP) is 3.49. The molecule has 0 saturated carbocycles. The highest BCUT2D eigenvalue weighted by Crippen LogP contribution is 2.23. The SMILES string of the molecule is NNC(CCc1cccs1)c1ccc(OC(F)F)cc1. The number of aryl methyl sites for hydroxylation is 1. The third-order valence-electron chi connectivity index (χ3n) is 2.97. The molecule has 1 heterocycles. The van der Waals surface area contributed by atoms with Crippen LogP contribution >= 0.6 is 11.3 Å². The number of nitrogens with one attached hydrogen (secondary N) is 1. The van der Waals surface area contributed by atoms with Crippen LogP contribution < -0.4 is 16.0 Å². The Kier molecular flexibility index (Phi) is 5.46. The summed E-state index contributed by atoms with van der Waals surface area (Å²) in [6.45, 7) is -2.80. The van der Waals surface area contributed by atoms with E-state index in [2.05, 4.69) is 16.2 Å². The second-order valence-corrected chi connectivity index (χ2v) is 5.32. The van der Waals surface area contributed by atoms with E-state index < -0.39 is 6.61 Å². The van der Waals surface area contributed by atoms with Crippen molar-refractivity contribution in [1.29, 1.82) is 0 Å². The lowest BCUT2D eigenvalue weighted by Gasteiger charge is -2.16. The summed E-state index contributed by atoms with van der Waals surface area (Å²) >= 11 is 1.71. The Hall–Kier alpha value is -1.50. The maximum atomic E-state index is 12.1. The minimum Gasteiger partial charge on any atom is -0.435 e. The molecule has 3 nitrogen and oxygen atoms in total. The van der Waals surface area contributed by atoms with Gasteiger partial charge in [0, 0.05) is 10.9 Å². The summed E-state index contributed by atoms with van der Waals surface area (Å²) in [4.78, 5) is 1.29. The number of benzene rings is 1. The fourth-order valence-electron chi connectivity index (χ4n) is 1.97. The summed E-state index contributed by atoms with van der Waals surface area (Å²) in [5.41, 5.74) is 3.71. The average molecular weight is 298 g/mol. The zero-order valence-corrected chi connectivity index (χ0v) is 11.6. The minimum atomic E-state index is -2.80. The summed E-state index contributed by atoms with van der Waals surface area (Å²) < 4.78 is 28.5. The summed E-state index contributed by atoms with van der Waals surface area (Å²) in [6.07, 6.45) is 1.76. The monoisotopic (exact) mass is 298 g/mol. The van der Waals surface area contributed by atoms with Crippen LogP contribution in [-0.2, 0) is 6.42 Å². The summed E-state index contributed by atoms with van der Waals surface area (Å²) in [5, 5.41) is 2.04. The highest BCUT2D eigenvalue weighted by Gasteiger charge is 2.11. The van der Waals surface area contributed by atoms with Crippen LogP contribution in [0.25, 0.3) is 0 Å². The zero-order chi connectivity index (χ0) is 14.4. The van der Waals surface area contributed by atoms with Gasteiger partial charge in [0.05, 0.1) is 0 Å². The molecular formula is C14H16F2N2OS. The largest absolute Gasteiger partial charge is 0.435 e. The number of halogens is 2. The van der Waals surface area contributed by atoms with Gasteiger partial charge < -0.3 is 4.74 Å². The minimum absolute atomic E-state index is 0.0160. The van der Waals surface area contributed by atoms with Crippen LogP contribution in [0.3, 0.4) is 0 Å². The summed E-state index contributed by atoms with van der Waals surface area (Å²) in [5.74, 6) is 5.72. The van der Waals surface area contributed by atoms with Crippen molar-refractivity contribution < 1.29 is 13.5 Å². The second-order valence-electron chi connectivity index (χ2n) is 4.28. The fraction of sp³-hybridized carbons (Fsp3) is 0.286. The highest BCUT2D eigenvalue weighted by atomic mass is 32.1. The molecule has 1 aromatic heterocycles. The van der Waals surface area contributed by atoms with Gasteiger partial charge in [-0.15, -0.1) is 11.3 Å². The molecule has 0 bridgehead atoms. The van der Waals surface area contributed by atoms with E-state index in [1.807, 2.05) is 11.4 Å². The van der Waals surface area contributed by atoms with E-state index in [1.54, 1.807) is 23.5 Å². The number of hydrogen-bond acceptors (Lipinski definition) is 4. The lowest BCUT2D eigenvalue weighted by atomic mass is 10.0. The van der Waals surface area contributed by atoms with Gasteiger partial charge in [0.2, 0.25) is 0 Å². The maximum Gasteiger partial charge on any atom is 0.387 e. The van der Waals surface area contributed by atoms with Crippen LogP contribution in [0.15, 0.2) is 41.8 Å². The molecule has 3 N–H and O–H groups in total. The number of rotatable bonds is 7. The fourth-order valence-corrected chi connectivity index (χ4v) is 2.69. The van der Waals surface area contributed by atoms with E-state index in [0.29, 0.717) is 0 Å². The standard InChI is InChI=1S/C14H16F2N2OS/c15-14(16)19-11-5-3-10(4-6-11)13(18-17)8-7-12-2-1-9-20-12/h1-6,9,13-14,18H,7-8,17H2. The Balaban J connectivity index is 1.96. The average Bonchev–Trinajstić information content (AvgIpc) is 2.94. The third-order valence-corrected chi connectivity index (χ3v) is 3.90. The summed E-state index contributed by atoms with van der Waals surface area (Å²) in [6, 6.07) is 10.6. The molecule has 0 spiro atoms. The molecule has 0 amide bonds. The van der Waals surface area contributed by atoms with Gasteiger partial charge in [0.15, 0.2) is 0 Å². The Bertz CT molecular complexity index is 502. The maximum absolute atomic E-state index is 12.1. The first-order valence-electron chi connectivity index (χ1n) is 6.22. The van der Waals surface area contributed by atoms with Crippen molar-refractivity contribution in [2.75, 3.05) is 0 Å². The van der Waals surface area contributed by atoms with Crippen molar-refractivity contribution in [3.8, 4) is 5.75 Å². The normalized spacial score (nSPS) is 12.6. The smallest absolute Gasteiger partial charge is 0.387 e. The van der Waals surface area contributed by atoms with Gasteiger partial charge >= 0.3 is 6.61 Å². The molecule has 2 aromatic rings. The Morgan fingerprint density at radius 2 is 1.95 bits per heavy atom. The van der Waals surface area contributed by atoms with Crippen LogP contribution in [0.2, 0.25) is 0 Å². The van der Waals surface area contributed by atoms with Crippen molar-refractivity contribution in [3.05, 3.63) is 52.2 Å².